The van der Waals surface area contributed by atoms with Gasteiger partial charge in [-0.3, -0.25) is 0 Å². The molecule has 1 aromatic carbocycles. The molecule has 0 heterocycles. The lowest BCUT2D eigenvalue weighted by atomic mass is 10.0. The maximum atomic E-state index is 5.93. The third-order valence-corrected chi connectivity index (χ3v) is 3.47. The van der Waals surface area contributed by atoms with E-state index >= 15 is 0 Å². The highest BCUT2D eigenvalue weighted by Crippen LogP contribution is 2.11. The van der Waals surface area contributed by atoms with Crippen molar-refractivity contribution in [2.24, 2.45) is 0 Å². The van der Waals surface area contributed by atoms with E-state index in [1.165, 1.54) is 5.56 Å². The SMILES string of the molecule is CCC(C)(CCl)NCCc1ccccc1. The number of alkyl halides is 1. The van der Waals surface area contributed by atoms with Crippen LogP contribution in [0.3, 0.4) is 0 Å². The molecule has 15 heavy (non-hydrogen) atoms. The van der Waals surface area contributed by atoms with Gasteiger partial charge in [0.1, 0.15) is 0 Å². The van der Waals surface area contributed by atoms with E-state index in [4.69, 9.17) is 11.6 Å². The molecule has 1 unspecified atom stereocenters. The van der Waals surface area contributed by atoms with Gasteiger partial charge in [0, 0.05) is 11.4 Å². The van der Waals surface area contributed by atoms with E-state index in [0.717, 1.165) is 19.4 Å². The summed E-state index contributed by atoms with van der Waals surface area (Å²) < 4.78 is 0. The van der Waals surface area contributed by atoms with Crippen LogP contribution in [0.2, 0.25) is 0 Å². The molecule has 0 radical (unpaired) electrons. The van der Waals surface area contributed by atoms with E-state index in [-0.39, 0.29) is 5.54 Å². The van der Waals surface area contributed by atoms with Crippen LogP contribution in [-0.4, -0.2) is 18.0 Å². The molecule has 1 aromatic rings. The van der Waals surface area contributed by atoms with Crippen LogP contribution in [0, 0.1) is 0 Å². The Morgan fingerprint density at radius 3 is 2.47 bits per heavy atom. The average molecular weight is 226 g/mol. The van der Waals surface area contributed by atoms with Gasteiger partial charge < -0.3 is 5.32 Å². The van der Waals surface area contributed by atoms with Crippen molar-refractivity contribution < 1.29 is 0 Å². The van der Waals surface area contributed by atoms with Crippen molar-refractivity contribution in [3.8, 4) is 0 Å². The van der Waals surface area contributed by atoms with Gasteiger partial charge in [-0.25, -0.2) is 0 Å². The highest BCUT2D eigenvalue weighted by atomic mass is 35.5. The van der Waals surface area contributed by atoms with E-state index in [1.807, 2.05) is 6.07 Å². The molecule has 0 fully saturated rings. The molecule has 1 atom stereocenters. The van der Waals surface area contributed by atoms with Gasteiger partial charge in [0.15, 0.2) is 0 Å². The van der Waals surface area contributed by atoms with Crippen LogP contribution in [0.4, 0.5) is 0 Å². The summed E-state index contributed by atoms with van der Waals surface area (Å²) in [5.74, 6) is 0.665. The minimum Gasteiger partial charge on any atom is -0.310 e. The number of hydrogen-bond donors (Lipinski definition) is 1. The van der Waals surface area contributed by atoms with Crippen molar-refractivity contribution in [2.45, 2.75) is 32.2 Å². The molecule has 1 nitrogen and oxygen atoms in total. The summed E-state index contributed by atoms with van der Waals surface area (Å²) in [6, 6.07) is 10.5. The molecule has 2 heteroatoms. The Labute approximate surface area is 97.8 Å². The van der Waals surface area contributed by atoms with Crippen molar-refractivity contribution in [2.75, 3.05) is 12.4 Å². The van der Waals surface area contributed by atoms with E-state index < -0.39 is 0 Å². The molecular formula is C13H20ClN. The van der Waals surface area contributed by atoms with E-state index in [0.29, 0.717) is 5.88 Å². The normalized spacial score (nSPS) is 14.9. The first-order chi connectivity index (χ1) is 7.20. The molecule has 0 aliphatic carbocycles. The number of nitrogens with one attached hydrogen (secondary N) is 1. The maximum absolute atomic E-state index is 5.93. The highest BCUT2D eigenvalue weighted by molar-refractivity contribution is 6.18. The van der Waals surface area contributed by atoms with Crippen LogP contribution >= 0.6 is 11.6 Å². The zero-order valence-corrected chi connectivity index (χ0v) is 10.3. The molecule has 0 aliphatic rings. The summed E-state index contributed by atoms with van der Waals surface area (Å²) in [5.41, 5.74) is 1.45. The molecular weight excluding hydrogens is 206 g/mol. The average Bonchev–Trinajstić information content (AvgIpc) is 2.30. The molecule has 1 rings (SSSR count). The number of hydrogen-bond acceptors (Lipinski definition) is 1. The molecule has 0 spiro atoms. The lowest BCUT2D eigenvalue weighted by Gasteiger charge is -2.27. The maximum Gasteiger partial charge on any atom is 0.0403 e. The Morgan fingerprint density at radius 2 is 1.93 bits per heavy atom. The standard InChI is InChI=1S/C13H20ClN/c1-3-13(2,11-14)15-10-9-12-7-5-4-6-8-12/h4-8,15H,3,9-11H2,1-2H3. The predicted molar refractivity (Wildman–Crippen MR) is 67.6 cm³/mol. The Kier molecular flexibility index (Phi) is 5.13. The largest absolute Gasteiger partial charge is 0.310 e. The quantitative estimate of drug-likeness (QED) is 0.734. The molecule has 0 saturated carbocycles. The zero-order valence-electron chi connectivity index (χ0n) is 9.59. The van der Waals surface area contributed by atoms with E-state index in [9.17, 15) is 0 Å². The molecule has 0 aliphatic heterocycles. The summed E-state index contributed by atoms with van der Waals surface area (Å²) >= 11 is 5.93. The zero-order chi connectivity index (χ0) is 11.1. The van der Waals surface area contributed by atoms with E-state index in [1.54, 1.807) is 0 Å². The topological polar surface area (TPSA) is 12.0 Å². The Morgan fingerprint density at radius 1 is 1.27 bits per heavy atom. The van der Waals surface area contributed by atoms with Crippen molar-refractivity contribution in [3.05, 3.63) is 35.9 Å². The highest BCUT2D eigenvalue weighted by Gasteiger charge is 2.18. The lowest BCUT2D eigenvalue weighted by molar-refractivity contribution is 0.384. The molecule has 0 saturated heterocycles. The van der Waals surface area contributed by atoms with Crippen LogP contribution in [0.5, 0.6) is 0 Å². The number of halogens is 1. The second-order valence-corrected chi connectivity index (χ2v) is 4.48. The molecule has 0 amide bonds. The Hall–Kier alpha value is -0.530. The predicted octanol–water partition coefficient (Wildman–Crippen LogP) is 3.23. The van der Waals surface area contributed by atoms with Crippen molar-refractivity contribution in [1.82, 2.24) is 5.32 Å². The summed E-state index contributed by atoms with van der Waals surface area (Å²) in [7, 11) is 0. The Bertz CT molecular complexity index is 267. The van der Waals surface area contributed by atoms with Gasteiger partial charge in [0.25, 0.3) is 0 Å². The third kappa shape index (κ3) is 4.23. The first-order valence-corrected chi connectivity index (χ1v) is 6.08. The minimum absolute atomic E-state index is 0.0797. The molecule has 84 valence electrons. The second-order valence-electron chi connectivity index (χ2n) is 4.21. The summed E-state index contributed by atoms with van der Waals surface area (Å²) in [4.78, 5) is 0. The molecule has 0 bridgehead atoms. The van der Waals surface area contributed by atoms with Gasteiger partial charge in [0.05, 0.1) is 0 Å². The van der Waals surface area contributed by atoms with Gasteiger partial charge in [-0.2, -0.15) is 0 Å². The van der Waals surface area contributed by atoms with E-state index in [2.05, 4.69) is 43.4 Å². The fourth-order valence-electron chi connectivity index (χ4n) is 1.42. The lowest BCUT2D eigenvalue weighted by Crippen LogP contribution is -2.44. The van der Waals surface area contributed by atoms with Gasteiger partial charge in [-0.05, 0) is 31.9 Å². The monoisotopic (exact) mass is 225 g/mol. The third-order valence-electron chi connectivity index (χ3n) is 2.88. The van der Waals surface area contributed by atoms with Gasteiger partial charge >= 0.3 is 0 Å². The Balaban J connectivity index is 2.33. The van der Waals surface area contributed by atoms with Crippen LogP contribution < -0.4 is 5.32 Å². The van der Waals surface area contributed by atoms with Crippen molar-refractivity contribution in [1.29, 1.82) is 0 Å². The summed E-state index contributed by atoms with van der Waals surface area (Å²) in [6.45, 7) is 5.32. The summed E-state index contributed by atoms with van der Waals surface area (Å²) in [6.07, 6.45) is 2.12. The second kappa shape index (κ2) is 6.14. The van der Waals surface area contributed by atoms with Gasteiger partial charge in [-0.15, -0.1) is 11.6 Å². The fourth-order valence-corrected chi connectivity index (χ4v) is 1.70. The van der Waals surface area contributed by atoms with Crippen molar-refractivity contribution >= 4 is 11.6 Å². The van der Waals surface area contributed by atoms with Crippen LogP contribution in [0.25, 0.3) is 0 Å². The van der Waals surface area contributed by atoms with Crippen LogP contribution in [0.15, 0.2) is 30.3 Å². The minimum atomic E-state index is 0.0797. The number of rotatable bonds is 6. The van der Waals surface area contributed by atoms with Gasteiger partial charge in [-0.1, -0.05) is 37.3 Å². The van der Waals surface area contributed by atoms with Gasteiger partial charge in [0.2, 0.25) is 0 Å². The van der Waals surface area contributed by atoms with Crippen LogP contribution in [0.1, 0.15) is 25.8 Å². The first kappa shape index (κ1) is 12.5. The molecule has 1 N–H and O–H groups in total. The number of benzene rings is 1. The smallest absolute Gasteiger partial charge is 0.0403 e. The molecule has 0 aromatic heterocycles. The fraction of sp³-hybridized carbons (Fsp3) is 0.538. The van der Waals surface area contributed by atoms with Crippen molar-refractivity contribution in [3.63, 3.8) is 0 Å². The van der Waals surface area contributed by atoms with Crippen LogP contribution in [-0.2, 0) is 6.42 Å². The first-order valence-electron chi connectivity index (χ1n) is 5.55. The summed E-state index contributed by atoms with van der Waals surface area (Å²) in [5, 5.41) is 3.51.